The topological polar surface area (TPSA) is 90.4 Å². The van der Waals surface area contributed by atoms with Crippen LogP contribution in [-0.4, -0.2) is 21.2 Å². The maximum absolute atomic E-state index is 12.0. The van der Waals surface area contributed by atoms with Gasteiger partial charge in [-0.15, -0.1) is 0 Å². The Balaban J connectivity index is 1.61. The Labute approximate surface area is 176 Å². The van der Waals surface area contributed by atoms with Gasteiger partial charge >= 0.3 is 10.8 Å². The molecule has 150 valence electrons. The molecule has 0 amide bonds. The average molecular weight is 417 g/mol. The molecule has 3 N–H and O–H groups in total. The first-order valence-electron chi connectivity index (χ1n) is 9.39. The van der Waals surface area contributed by atoms with Gasteiger partial charge in [0, 0.05) is 6.42 Å². The minimum absolute atomic E-state index is 0.0811. The van der Waals surface area contributed by atoms with E-state index in [4.69, 9.17) is 0 Å². The highest BCUT2D eigenvalue weighted by Crippen LogP contribution is 2.29. The molecule has 0 radical (unpaired) electrons. The third-order valence-electron chi connectivity index (χ3n) is 4.95. The quantitative estimate of drug-likeness (QED) is 0.427. The van der Waals surface area contributed by atoms with Crippen molar-refractivity contribution in [1.82, 2.24) is 4.98 Å². The van der Waals surface area contributed by atoms with E-state index >= 15 is 0 Å². The third-order valence-corrected chi connectivity index (χ3v) is 5.82. The minimum Gasteiger partial charge on any atom is -0.494 e. The normalized spacial score (nSPS) is 11.9. The van der Waals surface area contributed by atoms with Crippen LogP contribution in [0.2, 0.25) is 0 Å². The zero-order chi connectivity index (χ0) is 21.1. The van der Waals surface area contributed by atoms with Crippen LogP contribution in [0.15, 0.2) is 83.7 Å². The zero-order valence-corrected chi connectivity index (χ0v) is 16.7. The lowest BCUT2D eigenvalue weighted by Gasteiger charge is -2.15. The standard InChI is InChI=1S/C24H19NO4S/c26-22-20(30-24(29)25-22)13-15-9-11-16(12-10-15)18-7-4-8-19(14-18)21(23(27)28)17-5-2-1-3-6-17/h1-12,14,21,26H,13H2,(H,25,29)(H,27,28). The summed E-state index contributed by atoms with van der Waals surface area (Å²) in [7, 11) is 0. The molecule has 30 heavy (non-hydrogen) atoms. The maximum atomic E-state index is 12.0. The molecular formula is C24H19NO4S. The van der Waals surface area contributed by atoms with Gasteiger partial charge in [0.2, 0.25) is 5.88 Å². The molecule has 1 aromatic heterocycles. The fourth-order valence-electron chi connectivity index (χ4n) is 3.49. The van der Waals surface area contributed by atoms with Gasteiger partial charge in [0.1, 0.15) is 5.92 Å². The molecule has 0 spiro atoms. The van der Waals surface area contributed by atoms with Gasteiger partial charge in [-0.1, -0.05) is 84.1 Å². The monoisotopic (exact) mass is 417 g/mol. The molecule has 1 heterocycles. The van der Waals surface area contributed by atoms with Gasteiger partial charge in [0.05, 0.1) is 4.88 Å². The number of hydrogen-bond acceptors (Lipinski definition) is 4. The number of aromatic hydroxyl groups is 1. The molecule has 1 unspecified atom stereocenters. The van der Waals surface area contributed by atoms with Crippen molar-refractivity contribution in [3.05, 3.63) is 110 Å². The first-order chi connectivity index (χ1) is 14.5. The van der Waals surface area contributed by atoms with Crippen molar-refractivity contribution < 1.29 is 15.0 Å². The number of nitrogens with one attached hydrogen (secondary N) is 1. The summed E-state index contributed by atoms with van der Waals surface area (Å²) in [5.74, 6) is -1.70. The summed E-state index contributed by atoms with van der Waals surface area (Å²) in [6.45, 7) is 0. The SMILES string of the molecule is O=C(O)C(c1ccccc1)c1cccc(-c2ccc(Cc3sc(=O)[nH]c3O)cc2)c1. The number of carbonyl (C=O) groups is 1. The molecule has 0 fully saturated rings. The Bertz CT molecular complexity index is 1230. The Morgan fingerprint density at radius 3 is 2.23 bits per heavy atom. The second-order valence-electron chi connectivity index (χ2n) is 6.97. The van der Waals surface area contributed by atoms with Crippen molar-refractivity contribution in [3.8, 4) is 17.0 Å². The summed E-state index contributed by atoms with van der Waals surface area (Å²) in [5.41, 5.74) is 4.31. The fraction of sp³-hybridized carbons (Fsp3) is 0.0833. The molecule has 1 atom stereocenters. The number of aromatic amines is 1. The summed E-state index contributed by atoms with van der Waals surface area (Å²) in [6, 6.07) is 24.6. The van der Waals surface area contributed by atoms with Crippen LogP contribution in [-0.2, 0) is 11.2 Å². The number of hydrogen-bond donors (Lipinski definition) is 3. The molecular weight excluding hydrogens is 398 g/mol. The van der Waals surface area contributed by atoms with Crippen molar-refractivity contribution in [3.63, 3.8) is 0 Å². The van der Waals surface area contributed by atoms with Crippen LogP contribution in [0, 0.1) is 0 Å². The molecule has 0 aliphatic carbocycles. The molecule has 0 saturated carbocycles. The lowest BCUT2D eigenvalue weighted by Crippen LogP contribution is -2.13. The Morgan fingerprint density at radius 2 is 1.60 bits per heavy atom. The first kappa shape index (κ1) is 19.7. The summed E-state index contributed by atoms with van der Waals surface area (Å²) >= 11 is 0.999. The number of rotatable bonds is 6. The smallest absolute Gasteiger partial charge is 0.315 e. The van der Waals surface area contributed by atoms with Crippen LogP contribution < -0.4 is 4.87 Å². The van der Waals surface area contributed by atoms with E-state index in [1.54, 1.807) is 0 Å². The van der Waals surface area contributed by atoms with Gasteiger partial charge in [-0.05, 0) is 33.9 Å². The molecule has 4 aromatic rings. The van der Waals surface area contributed by atoms with Gasteiger partial charge in [-0.2, -0.15) is 0 Å². The predicted octanol–water partition coefficient (Wildman–Crippen LogP) is 4.62. The second kappa shape index (κ2) is 8.39. The van der Waals surface area contributed by atoms with Crippen LogP contribution in [0.1, 0.15) is 27.5 Å². The van der Waals surface area contributed by atoms with E-state index in [0.717, 1.165) is 39.2 Å². The Kier molecular flexibility index (Phi) is 5.50. The van der Waals surface area contributed by atoms with Crippen molar-refractivity contribution in [2.45, 2.75) is 12.3 Å². The number of aliphatic carboxylic acids is 1. The molecule has 0 aliphatic rings. The van der Waals surface area contributed by atoms with Crippen LogP contribution in [0.25, 0.3) is 11.1 Å². The van der Waals surface area contributed by atoms with Gasteiger partial charge < -0.3 is 10.2 Å². The highest BCUT2D eigenvalue weighted by Gasteiger charge is 2.22. The van der Waals surface area contributed by atoms with Crippen LogP contribution in [0.4, 0.5) is 0 Å². The summed E-state index contributed by atoms with van der Waals surface area (Å²) in [6.07, 6.45) is 0.463. The first-order valence-corrected chi connectivity index (χ1v) is 10.2. The van der Waals surface area contributed by atoms with Gasteiger partial charge in [-0.3, -0.25) is 14.6 Å². The fourth-order valence-corrected chi connectivity index (χ4v) is 4.25. The second-order valence-corrected chi connectivity index (χ2v) is 8.04. The molecule has 5 nitrogen and oxygen atoms in total. The summed E-state index contributed by atoms with van der Waals surface area (Å²) < 4.78 is 0. The van der Waals surface area contributed by atoms with Crippen LogP contribution in [0.3, 0.4) is 0 Å². The van der Waals surface area contributed by atoms with Crippen molar-refractivity contribution >= 4 is 17.3 Å². The molecule has 0 aliphatic heterocycles. The number of carboxylic acid groups (broad SMARTS) is 1. The highest BCUT2D eigenvalue weighted by atomic mass is 32.1. The minimum atomic E-state index is -0.890. The number of aromatic nitrogens is 1. The lowest BCUT2D eigenvalue weighted by atomic mass is 9.89. The summed E-state index contributed by atoms with van der Waals surface area (Å²) in [4.78, 5) is 26.0. The van der Waals surface area contributed by atoms with E-state index in [9.17, 15) is 19.8 Å². The summed E-state index contributed by atoms with van der Waals surface area (Å²) in [5, 5.41) is 19.6. The van der Waals surface area contributed by atoms with Gasteiger partial charge in [0.25, 0.3) is 0 Å². The van der Waals surface area contributed by atoms with Gasteiger partial charge in [0.15, 0.2) is 0 Å². The maximum Gasteiger partial charge on any atom is 0.315 e. The zero-order valence-electron chi connectivity index (χ0n) is 15.9. The van der Waals surface area contributed by atoms with Crippen LogP contribution in [0.5, 0.6) is 5.88 Å². The number of benzene rings is 3. The number of carboxylic acids is 1. The van der Waals surface area contributed by atoms with E-state index in [1.165, 1.54) is 0 Å². The van der Waals surface area contributed by atoms with E-state index in [-0.39, 0.29) is 10.8 Å². The molecule has 6 heteroatoms. The molecule has 4 rings (SSSR count). The number of H-pyrrole nitrogens is 1. The van der Waals surface area contributed by atoms with E-state index in [0.29, 0.717) is 11.3 Å². The van der Waals surface area contributed by atoms with E-state index in [1.807, 2.05) is 78.9 Å². The Hall–Kier alpha value is -3.64. The highest BCUT2D eigenvalue weighted by molar-refractivity contribution is 7.09. The lowest BCUT2D eigenvalue weighted by molar-refractivity contribution is -0.137. The molecule has 0 saturated heterocycles. The largest absolute Gasteiger partial charge is 0.494 e. The molecule has 3 aromatic carbocycles. The predicted molar refractivity (Wildman–Crippen MR) is 117 cm³/mol. The average Bonchev–Trinajstić information content (AvgIpc) is 3.06. The van der Waals surface area contributed by atoms with Crippen molar-refractivity contribution in [1.29, 1.82) is 0 Å². The van der Waals surface area contributed by atoms with Gasteiger partial charge in [-0.25, -0.2) is 0 Å². The van der Waals surface area contributed by atoms with Crippen molar-refractivity contribution in [2.24, 2.45) is 0 Å². The van der Waals surface area contributed by atoms with Crippen LogP contribution >= 0.6 is 11.3 Å². The van der Waals surface area contributed by atoms with E-state index < -0.39 is 11.9 Å². The van der Waals surface area contributed by atoms with Crippen molar-refractivity contribution in [2.75, 3.05) is 0 Å². The third kappa shape index (κ3) is 4.18. The Morgan fingerprint density at radius 1 is 0.900 bits per heavy atom. The van der Waals surface area contributed by atoms with E-state index in [2.05, 4.69) is 4.98 Å². The number of thiazole rings is 1. The molecule has 0 bridgehead atoms.